The zero-order valence-corrected chi connectivity index (χ0v) is 17.5. The summed E-state index contributed by atoms with van der Waals surface area (Å²) < 4.78 is 26.9. The van der Waals surface area contributed by atoms with Gasteiger partial charge in [0.2, 0.25) is 0 Å². The van der Waals surface area contributed by atoms with Crippen LogP contribution in [0.5, 0.6) is 0 Å². The largest absolute Gasteiger partial charge is 0.348 e. The highest BCUT2D eigenvalue weighted by molar-refractivity contribution is 7.92. The van der Waals surface area contributed by atoms with Gasteiger partial charge in [0.1, 0.15) is 0 Å². The molecule has 2 aromatic carbocycles. The van der Waals surface area contributed by atoms with E-state index in [4.69, 9.17) is 11.6 Å². The smallest absolute Gasteiger partial charge is 0.264 e. The Balaban J connectivity index is 1.78. The summed E-state index contributed by atoms with van der Waals surface area (Å²) in [4.78, 5) is 16.6. The second-order valence-corrected chi connectivity index (χ2v) is 8.88. The van der Waals surface area contributed by atoms with Crippen LogP contribution in [0.3, 0.4) is 0 Å². The first-order chi connectivity index (χ1) is 13.8. The molecule has 1 amide bonds. The molecule has 150 valence electrons. The second kappa shape index (κ2) is 8.63. The van der Waals surface area contributed by atoms with Crippen molar-refractivity contribution in [2.24, 2.45) is 0 Å². The van der Waals surface area contributed by atoms with E-state index in [2.05, 4.69) is 10.3 Å². The number of pyridine rings is 1. The van der Waals surface area contributed by atoms with E-state index in [1.807, 2.05) is 6.07 Å². The van der Waals surface area contributed by atoms with Crippen LogP contribution in [0.25, 0.3) is 0 Å². The summed E-state index contributed by atoms with van der Waals surface area (Å²) in [6.45, 7) is 2.12. The number of nitrogens with one attached hydrogen (secondary N) is 1. The summed E-state index contributed by atoms with van der Waals surface area (Å²) in [5.41, 5.74) is 2.50. The Labute approximate surface area is 175 Å². The van der Waals surface area contributed by atoms with E-state index in [-0.39, 0.29) is 10.8 Å². The average molecular weight is 430 g/mol. The van der Waals surface area contributed by atoms with Gasteiger partial charge in [-0.15, -0.1) is 0 Å². The summed E-state index contributed by atoms with van der Waals surface area (Å²) >= 11 is 5.85. The SMILES string of the molecule is Cc1cc(C(=O)NCc2cccnc2)ccc1N(C)S(=O)(=O)c1ccc(Cl)cc1. The van der Waals surface area contributed by atoms with Crippen LogP contribution >= 0.6 is 11.6 Å². The molecule has 1 aromatic heterocycles. The first kappa shape index (κ1) is 20.8. The first-order valence-corrected chi connectivity index (χ1v) is 10.6. The molecule has 6 nitrogen and oxygen atoms in total. The van der Waals surface area contributed by atoms with E-state index in [9.17, 15) is 13.2 Å². The highest BCUT2D eigenvalue weighted by Crippen LogP contribution is 2.26. The monoisotopic (exact) mass is 429 g/mol. The molecule has 3 aromatic rings. The molecule has 1 N–H and O–H groups in total. The van der Waals surface area contributed by atoms with Gasteiger partial charge < -0.3 is 5.32 Å². The van der Waals surface area contributed by atoms with Crippen LogP contribution in [-0.4, -0.2) is 26.4 Å². The number of hydrogen-bond donors (Lipinski definition) is 1. The van der Waals surface area contributed by atoms with Gasteiger partial charge in [-0.25, -0.2) is 8.42 Å². The van der Waals surface area contributed by atoms with Crippen molar-refractivity contribution < 1.29 is 13.2 Å². The van der Waals surface area contributed by atoms with E-state index >= 15 is 0 Å². The normalized spacial score (nSPS) is 11.1. The van der Waals surface area contributed by atoms with Crippen molar-refractivity contribution in [2.45, 2.75) is 18.4 Å². The van der Waals surface area contributed by atoms with Crippen LogP contribution in [0.1, 0.15) is 21.5 Å². The molecule has 0 spiro atoms. The fourth-order valence-corrected chi connectivity index (χ4v) is 4.22. The molecule has 0 fully saturated rings. The third kappa shape index (κ3) is 4.75. The summed E-state index contributed by atoms with van der Waals surface area (Å²) in [6.07, 6.45) is 3.35. The van der Waals surface area contributed by atoms with Crippen LogP contribution in [0.2, 0.25) is 5.02 Å². The quantitative estimate of drug-likeness (QED) is 0.646. The standard InChI is InChI=1S/C21H20ClN3O3S/c1-15-12-17(21(26)24-14-16-4-3-11-23-13-16)5-10-20(15)25(2)29(27,28)19-8-6-18(22)7-9-19/h3-13H,14H2,1-2H3,(H,24,26). The lowest BCUT2D eigenvalue weighted by atomic mass is 10.1. The zero-order chi connectivity index (χ0) is 21.0. The van der Waals surface area contributed by atoms with Gasteiger partial charge in [0, 0.05) is 36.6 Å². The minimum atomic E-state index is -3.74. The lowest BCUT2D eigenvalue weighted by molar-refractivity contribution is 0.0951. The number of rotatable bonds is 6. The third-order valence-corrected chi connectivity index (χ3v) is 6.48. The van der Waals surface area contributed by atoms with Crippen molar-refractivity contribution in [3.8, 4) is 0 Å². The number of halogens is 1. The molecular formula is C21H20ClN3O3S. The maximum Gasteiger partial charge on any atom is 0.264 e. The Hall–Kier alpha value is -2.90. The Kier molecular flexibility index (Phi) is 6.20. The van der Waals surface area contributed by atoms with Gasteiger partial charge in [-0.05, 0) is 66.6 Å². The lowest BCUT2D eigenvalue weighted by Gasteiger charge is -2.22. The van der Waals surface area contributed by atoms with Crippen LogP contribution in [0.15, 0.2) is 71.9 Å². The number of hydrogen-bond acceptors (Lipinski definition) is 4. The summed E-state index contributed by atoms with van der Waals surface area (Å²) in [7, 11) is -2.26. The maximum atomic E-state index is 12.9. The number of benzene rings is 2. The molecule has 3 rings (SSSR count). The molecule has 0 aliphatic carbocycles. The average Bonchev–Trinajstić information content (AvgIpc) is 2.72. The number of sulfonamides is 1. The topological polar surface area (TPSA) is 79.4 Å². The molecule has 0 saturated heterocycles. The number of aryl methyl sites for hydroxylation is 1. The zero-order valence-electron chi connectivity index (χ0n) is 16.0. The fourth-order valence-electron chi connectivity index (χ4n) is 2.83. The van der Waals surface area contributed by atoms with E-state index in [1.165, 1.54) is 35.6 Å². The van der Waals surface area contributed by atoms with Gasteiger partial charge in [0.05, 0.1) is 10.6 Å². The van der Waals surface area contributed by atoms with Crippen molar-refractivity contribution in [3.63, 3.8) is 0 Å². The van der Waals surface area contributed by atoms with E-state index < -0.39 is 10.0 Å². The highest BCUT2D eigenvalue weighted by Gasteiger charge is 2.23. The Bertz CT molecular complexity index is 1120. The van der Waals surface area contributed by atoms with Crippen molar-refractivity contribution >= 4 is 33.2 Å². The molecule has 0 radical (unpaired) electrons. The van der Waals surface area contributed by atoms with Crippen molar-refractivity contribution in [3.05, 3.63) is 88.7 Å². The molecule has 8 heteroatoms. The van der Waals surface area contributed by atoms with Crippen LogP contribution in [-0.2, 0) is 16.6 Å². The van der Waals surface area contributed by atoms with Crippen LogP contribution in [0, 0.1) is 6.92 Å². The predicted molar refractivity (Wildman–Crippen MR) is 114 cm³/mol. The third-order valence-electron chi connectivity index (χ3n) is 4.45. The van der Waals surface area contributed by atoms with Gasteiger partial charge in [-0.2, -0.15) is 0 Å². The van der Waals surface area contributed by atoms with Gasteiger partial charge >= 0.3 is 0 Å². The predicted octanol–water partition coefficient (Wildman–Crippen LogP) is 3.80. The van der Waals surface area contributed by atoms with Gasteiger partial charge in [-0.3, -0.25) is 14.1 Å². The summed E-state index contributed by atoms with van der Waals surface area (Å²) in [5.74, 6) is -0.244. The minimum Gasteiger partial charge on any atom is -0.348 e. The van der Waals surface area contributed by atoms with Crippen molar-refractivity contribution in [1.82, 2.24) is 10.3 Å². The molecule has 0 aliphatic rings. The molecule has 29 heavy (non-hydrogen) atoms. The number of aromatic nitrogens is 1. The second-order valence-electron chi connectivity index (χ2n) is 6.47. The number of nitrogens with zero attached hydrogens (tertiary/aromatic N) is 2. The van der Waals surface area contributed by atoms with Crippen molar-refractivity contribution in [2.75, 3.05) is 11.4 Å². The number of amides is 1. The van der Waals surface area contributed by atoms with Gasteiger partial charge in [0.25, 0.3) is 15.9 Å². The minimum absolute atomic E-state index is 0.141. The maximum absolute atomic E-state index is 12.9. The van der Waals surface area contributed by atoms with E-state index in [0.29, 0.717) is 28.4 Å². The fraction of sp³-hybridized carbons (Fsp3) is 0.143. The van der Waals surface area contributed by atoms with Crippen molar-refractivity contribution in [1.29, 1.82) is 0 Å². The lowest BCUT2D eigenvalue weighted by Crippen LogP contribution is -2.27. The summed E-state index contributed by atoms with van der Waals surface area (Å²) in [6, 6.07) is 14.6. The molecule has 0 bridgehead atoms. The number of carbonyl (C=O) groups excluding carboxylic acids is 1. The van der Waals surface area contributed by atoms with Crippen LogP contribution in [0.4, 0.5) is 5.69 Å². The van der Waals surface area contributed by atoms with Gasteiger partial charge in [-0.1, -0.05) is 17.7 Å². The summed E-state index contributed by atoms with van der Waals surface area (Å²) in [5, 5.41) is 3.29. The highest BCUT2D eigenvalue weighted by atomic mass is 35.5. The van der Waals surface area contributed by atoms with E-state index in [1.54, 1.807) is 43.6 Å². The van der Waals surface area contributed by atoms with E-state index in [0.717, 1.165) is 5.56 Å². The molecule has 0 atom stereocenters. The molecule has 0 saturated carbocycles. The Morgan fingerprint density at radius 1 is 1.14 bits per heavy atom. The molecular weight excluding hydrogens is 410 g/mol. The number of carbonyl (C=O) groups is 1. The molecule has 0 unspecified atom stereocenters. The van der Waals surface area contributed by atoms with Gasteiger partial charge in [0.15, 0.2) is 0 Å². The Morgan fingerprint density at radius 2 is 1.86 bits per heavy atom. The molecule has 1 heterocycles. The Morgan fingerprint density at radius 3 is 2.48 bits per heavy atom. The molecule has 0 aliphatic heterocycles. The number of anilines is 1. The first-order valence-electron chi connectivity index (χ1n) is 8.81. The van der Waals surface area contributed by atoms with Crippen LogP contribution < -0.4 is 9.62 Å².